The Kier molecular flexibility index (Phi) is 4.67. The van der Waals surface area contributed by atoms with Crippen LogP contribution in [0.2, 0.25) is 0 Å². The molecule has 6 nitrogen and oxygen atoms in total. The molecule has 1 aromatic heterocycles. The summed E-state index contributed by atoms with van der Waals surface area (Å²) in [5, 5.41) is 21.4. The minimum atomic E-state index is -0.939. The molecular weight excluding hydrogens is 321 g/mol. The lowest BCUT2D eigenvalue weighted by molar-refractivity contribution is 0.00789. The first-order chi connectivity index (χ1) is 9.10. The summed E-state index contributed by atoms with van der Waals surface area (Å²) in [6.07, 6.45) is 0.591. The van der Waals surface area contributed by atoms with E-state index in [0.717, 1.165) is 5.71 Å². The summed E-state index contributed by atoms with van der Waals surface area (Å²) in [7, 11) is 0. The van der Waals surface area contributed by atoms with Crippen molar-refractivity contribution >= 4 is 27.5 Å². The van der Waals surface area contributed by atoms with Crippen molar-refractivity contribution in [2.24, 2.45) is 5.16 Å². The molecule has 104 valence electrons. The average Bonchev–Trinajstić information content (AvgIpc) is 2.33. The van der Waals surface area contributed by atoms with Crippen LogP contribution >= 0.6 is 15.9 Å². The zero-order chi connectivity index (χ0) is 13.8. The predicted molar refractivity (Wildman–Crippen MR) is 70.6 cm³/mol. The molecule has 0 spiro atoms. The van der Waals surface area contributed by atoms with Gasteiger partial charge in [0.2, 0.25) is 0 Å². The van der Waals surface area contributed by atoms with Crippen molar-refractivity contribution in [3.63, 3.8) is 0 Å². The van der Waals surface area contributed by atoms with Crippen LogP contribution in [0.3, 0.4) is 0 Å². The van der Waals surface area contributed by atoms with Crippen LogP contribution in [-0.4, -0.2) is 53.3 Å². The van der Waals surface area contributed by atoms with Gasteiger partial charge in [0.05, 0.1) is 25.4 Å². The number of aromatic nitrogens is 1. The summed E-state index contributed by atoms with van der Waals surface area (Å²) >= 11 is 3.14. The number of anilines is 1. The first kappa shape index (κ1) is 14.2. The smallest absolute Gasteiger partial charge is 0.166 e. The fraction of sp³-hybridized carbons (Fsp3) is 0.455. The number of aliphatic hydroxyl groups excluding tert-OH is 2. The fourth-order valence-electron chi connectivity index (χ4n) is 1.51. The molecule has 0 aliphatic carbocycles. The Bertz CT molecular complexity index is 478. The number of hydrogen-bond acceptors (Lipinski definition) is 6. The molecule has 2 rings (SSSR count). The second kappa shape index (κ2) is 6.27. The third-order valence-corrected chi connectivity index (χ3v) is 2.94. The molecule has 19 heavy (non-hydrogen) atoms. The second-order valence-corrected chi connectivity index (χ2v) is 5.02. The predicted octanol–water partition coefficient (Wildman–Crippen LogP) is 0.529. The lowest BCUT2D eigenvalue weighted by atomic mass is 10.2. The Hall–Kier alpha value is -1.25. The largest absolute Gasteiger partial charge is 0.394 e. The first-order valence-corrected chi connectivity index (χ1v) is 6.42. The monoisotopic (exact) mass is 333 g/mol. The van der Waals surface area contributed by atoms with Gasteiger partial charge in [-0.25, -0.2) is 9.37 Å². The van der Waals surface area contributed by atoms with E-state index in [4.69, 9.17) is 15.1 Å². The Morgan fingerprint density at radius 1 is 1.58 bits per heavy atom. The van der Waals surface area contributed by atoms with Crippen molar-refractivity contribution in [3.8, 4) is 0 Å². The number of hydrogen-bond donors (Lipinski definition) is 2. The van der Waals surface area contributed by atoms with Crippen LogP contribution in [0.25, 0.3) is 0 Å². The van der Waals surface area contributed by atoms with Gasteiger partial charge in [-0.05, 0) is 22.0 Å². The number of oxime groups is 1. The van der Waals surface area contributed by atoms with Crippen molar-refractivity contribution in [2.75, 3.05) is 31.2 Å². The molecule has 0 amide bonds. The highest BCUT2D eigenvalue weighted by molar-refractivity contribution is 9.10. The van der Waals surface area contributed by atoms with Crippen LogP contribution in [0.15, 0.2) is 21.9 Å². The molecule has 1 saturated heterocycles. The maximum absolute atomic E-state index is 13.6. The van der Waals surface area contributed by atoms with Gasteiger partial charge in [-0.1, -0.05) is 5.16 Å². The van der Waals surface area contributed by atoms with E-state index < -0.39 is 11.9 Å². The molecule has 2 N–H and O–H groups in total. The molecule has 1 aliphatic heterocycles. The highest BCUT2D eigenvalue weighted by Crippen LogP contribution is 2.23. The highest BCUT2D eigenvalue weighted by atomic mass is 79.9. The van der Waals surface area contributed by atoms with Crippen LogP contribution in [-0.2, 0) is 4.84 Å². The number of rotatable bonds is 5. The summed E-state index contributed by atoms with van der Waals surface area (Å²) < 4.78 is 14.2. The van der Waals surface area contributed by atoms with Gasteiger partial charge in [0.25, 0.3) is 0 Å². The maximum Gasteiger partial charge on any atom is 0.166 e. The Labute approximate surface area is 117 Å². The molecule has 0 radical (unpaired) electrons. The second-order valence-electron chi connectivity index (χ2n) is 4.10. The van der Waals surface area contributed by atoms with Crippen LogP contribution in [0.4, 0.5) is 10.2 Å². The molecule has 1 aliphatic rings. The van der Waals surface area contributed by atoms with Gasteiger partial charge >= 0.3 is 0 Å². The summed E-state index contributed by atoms with van der Waals surface area (Å²) in [6.45, 7) is 0.428. The normalized spacial score (nSPS) is 16.0. The summed E-state index contributed by atoms with van der Waals surface area (Å²) in [5.74, 6) is -0.123. The lowest BCUT2D eigenvalue weighted by Gasteiger charge is -2.33. The third kappa shape index (κ3) is 3.62. The van der Waals surface area contributed by atoms with Gasteiger partial charge in [-0.15, -0.1) is 0 Å². The summed E-state index contributed by atoms with van der Waals surface area (Å²) in [5.41, 5.74) is 0.731. The standard InChI is InChI=1S/C11H13BrFN3O3/c12-7-1-10(13)11(14-2-7)16-3-8(4-16)15-19-6-9(18)5-17/h1-2,9,17-18H,3-6H2. The molecular formula is C11H13BrFN3O3. The molecule has 0 aromatic carbocycles. The van der Waals surface area contributed by atoms with E-state index in [9.17, 15) is 4.39 Å². The molecule has 1 unspecified atom stereocenters. The topological polar surface area (TPSA) is 78.2 Å². The molecule has 2 heterocycles. The van der Waals surface area contributed by atoms with Crippen molar-refractivity contribution in [1.82, 2.24) is 4.98 Å². The molecule has 8 heteroatoms. The van der Waals surface area contributed by atoms with Crippen LogP contribution in [0.5, 0.6) is 0 Å². The summed E-state index contributed by atoms with van der Waals surface area (Å²) in [4.78, 5) is 10.6. The van der Waals surface area contributed by atoms with Crippen molar-refractivity contribution in [1.29, 1.82) is 0 Å². The quantitative estimate of drug-likeness (QED) is 0.768. The van der Waals surface area contributed by atoms with E-state index in [1.807, 2.05) is 0 Å². The maximum atomic E-state index is 13.6. The minimum Gasteiger partial charge on any atom is -0.394 e. The molecule has 0 bridgehead atoms. The average molecular weight is 334 g/mol. The van der Waals surface area contributed by atoms with Crippen molar-refractivity contribution < 1.29 is 19.4 Å². The minimum absolute atomic E-state index is 0.0646. The molecule has 0 saturated carbocycles. The summed E-state index contributed by atoms with van der Waals surface area (Å²) in [6, 6.07) is 1.35. The van der Waals surface area contributed by atoms with Gasteiger partial charge in [-0.3, -0.25) is 0 Å². The zero-order valence-electron chi connectivity index (χ0n) is 9.96. The van der Waals surface area contributed by atoms with Crippen molar-refractivity contribution in [2.45, 2.75) is 6.10 Å². The Morgan fingerprint density at radius 2 is 2.32 bits per heavy atom. The van der Waals surface area contributed by atoms with Crippen LogP contribution < -0.4 is 4.90 Å². The van der Waals surface area contributed by atoms with Gasteiger partial charge in [0.1, 0.15) is 12.7 Å². The number of aliphatic hydroxyl groups is 2. The van der Waals surface area contributed by atoms with E-state index >= 15 is 0 Å². The number of nitrogens with zero attached hydrogens (tertiary/aromatic N) is 3. The molecule has 1 fully saturated rings. The number of halogens is 2. The van der Waals surface area contributed by atoms with Gasteiger partial charge in [0, 0.05) is 10.7 Å². The van der Waals surface area contributed by atoms with Gasteiger partial charge in [0.15, 0.2) is 11.6 Å². The van der Waals surface area contributed by atoms with Crippen LogP contribution in [0.1, 0.15) is 0 Å². The van der Waals surface area contributed by atoms with Gasteiger partial charge < -0.3 is 20.0 Å². The van der Waals surface area contributed by atoms with E-state index in [1.165, 1.54) is 12.3 Å². The van der Waals surface area contributed by atoms with E-state index in [0.29, 0.717) is 17.6 Å². The molecule has 1 atom stereocenters. The Morgan fingerprint density at radius 3 is 2.95 bits per heavy atom. The lowest BCUT2D eigenvalue weighted by Crippen LogP contribution is -2.48. The fourth-order valence-corrected chi connectivity index (χ4v) is 1.81. The zero-order valence-corrected chi connectivity index (χ0v) is 11.5. The first-order valence-electron chi connectivity index (χ1n) is 5.62. The van der Waals surface area contributed by atoms with E-state index in [-0.39, 0.29) is 19.0 Å². The van der Waals surface area contributed by atoms with E-state index in [2.05, 4.69) is 26.1 Å². The SMILES string of the molecule is OCC(O)CON=C1CN(c2ncc(Br)cc2F)C1. The highest BCUT2D eigenvalue weighted by Gasteiger charge is 2.26. The number of pyridine rings is 1. The Balaban J connectivity index is 1.84. The van der Waals surface area contributed by atoms with E-state index in [1.54, 1.807) is 4.90 Å². The van der Waals surface area contributed by atoms with Crippen LogP contribution in [0, 0.1) is 5.82 Å². The van der Waals surface area contributed by atoms with Gasteiger partial charge in [-0.2, -0.15) is 0 Å². The third-order valence-electron chi connectivity index (χ3n) is 2.51. The molecule has 1 aromatic rings. The van der Waals surface area contributed by atoms with Crippen molar-refractivity contribution in [3.05, 3.63) is 22.6 Å².